The van der Waals surface area contributed by atoms with E-state index in [1.165, 1.54) is 10.9 Å². The second kappa shape index (κ2) is 6.49. The van der Waals surface area contributed by atoms with Crippen molar-refractivity contribution < 1.29 is 17.7 Å². The third kappa shape index (κ3) is 3.59. The second-order valence-corrected chi connectivity index (χ2v) is 6.88. The van der Waals surface area contributed by atoms with Crippen LogP contribution in [0.1, 0.15) is 42.8 Å². The van der Waals surface area contributed by atoms with Gasteiger partial charge < -0.3 is 10.3 Å². The van der Waals surface area contributed by atoms with Crippen LogP contribution in [0.4, 0.5) is 13.2 Å². The van der Waals surface area contributed by atoms with Crippen LogP contribution in [0.3, 0.4) is 0 Å². The Morgan fingerprint density at radius 1 is 1.19 bits per heavy atom. The molecule has 0 bridgehead atoms. The number of benzene rings is 1. The van der Waals surface area contributed by atoms with Crippen molar-refractivity contribution in [1.82, 2.24) is 19.9 Å². The van der Waals surface area contributed by atoms with Crippen molar-refractivity contribution >= 4 is 0 Å². The summed E-state index contributed by atoms with van der Waals surface area (Å²) < 4.78 is 44.6. The number of nitrogens with two attached hydrogens (primary N) is 1. The number of alkyl halides is 3. The largest absolute Gasteiger partial charge is 0.435 e. The van der Waals surface area contributed by atoms with E-state index in [1.54, 1.807) is 18.2 Å². The lowest BCUT2D eigenvalue weighted by molar-refractivity contribution is -0.141. The van der Waals surface area contributed by atoms with Crippen LogP contribution in [0, 0.1) is 0 Å². The number of hydrogen-bond donors (Lipinski definition) is 1. The first-order valence-electron chi connectivity index (χ1n) is 8.67. The lowest BCUT2D eigenvalue weighted by Gasteiger charge is -2.17. The topological polar surface area (TPSA) is 82.8 Å². The molecule has 1 aliphatic rings. The van der Waals surface area contributed by atoms with Crippen molar-refractivity contribution in [2.75, 3.05) is 0 Å². The van der Waals surface area contributed by atoms with Crippen LogP contribution in [-0.2, 0) is 18.3 Å². The summed E-state index contributed by atoms with van der Waals surface area (Å²) in [6.45, 7) is 0.200. The Balaban J connectivity index is 1.54. The molecule has 142 valence electrons. The molecule has 6 nitrogen and oxygen atoms in total. The summed E-state index contributed by atoms with van der Waals surface area (Å²) >= 11 is 0. The summed E-state index contributed by atoms with van der Waals surface area (Å²) in [5.41, 5.74) is 6.36. The van der Waals surface area contributed by atoms with Crippen LogP contribution in [0.2, 0.25) is 0 Å². The lowest BCUT2D eigenvalue weighted by atomic mass is 9.98. The van der Waals surface area contributed by atoms with E-state index in [4.69, 9.17) is 10.3 Å². The average Bonchev–Trinajstić information content (AvgIpc) is 3.35. The highest BCUT2D eigenvalue weighted by Crippen LogP contribution is 2.35. The smallest absolute Gasteiger partial charge is 0.334 e. The molecule has 0 aliphatic heterocycles. The van der Waals surface area contributed by atoms with Gasteiger partial charge in [-0.2, -0.15) is 23.3 Å². The van der Waals surface area contributed by atoms with Gasteiger partial charge in [-0.1, -0.05) is 30.1 Å². The number of rotatable bonds is 4. The summed E-state index contributed by atoms with van der Waals surface area (Å²) in [4.78, 5) is 4.44. The molecular weight excluding hydrogens is 359 g/mol. The SMILES string of the molecule is NC1(c2noc(-c3cccc(Cn4ccc(C(F)(F)F)n4)c3)n2)CCCC1. The third-order valence-electron chi connectivity index (χ3n) is 4.82. The maximum atomic E-state index is 12.7. The first-order chi connectivity index (χ1) is 12.8. The lowest BCUT2D eigenvalue weighted by Crippen LogP contribution is -2.34. The molecule has 0 spiro atoms. The number of hydrogen-bond acceptors (Lipinski definition) is 5. The van der Waals surface area contributed by atoms with Crippen molar-refractivity contribution in [3.8, 4) is 11.5 Å². The monoisotopic (exact) mass is 377 g/mol. The van der Waals surface area contributed by atoms with Gasteiger partial charge in [0.25, 0.3) is 5.89 Å². The molecular formula is C18H18F3N5O. The Hall–Kier alpha value is -2.68. The van der Waals surface area contributed by atoms with Gasteiger partial charge in [-0.3, -0.25) is 4.68 Å². The fourth-order valence-corrected chi connectivity index (χ4v) is 3.36. The Kier molecular flexibility index (Phi) is 4.26. The molecule has 1 aliphatic carbocycles. The molecule has 0 amide bonds. The van der Waals surface area contributed by atoms with Gasteiger partial charge in [-0.25, -0.2) is 0 Å². The van der Waals surface area contributed by atoms with Gasteiger partial charge in [-0.15, -0.1) is 0 Å². The molecule has 9 heteroatoms. The molecule has 2 heterocycles. The molecule has 1 aromatic carbocycles. The van der Waals surface area contributed by atoms with Gasteiger partial charge >= 0.3 is 6.18 Å². The summed E-state index contributed by atoms with van der Waals surface area (Å²) in [5, 5.41) is 7.61. The quantitative estimate of drug-likeness (QED) is 0.749. The number of aromatic nitrogens is 4. The highest BCUT2D eigenvalue weighted by molar-refractivity contribution is 5.54. The zero-order valence-electron chi connectivity index (χ0n) is 14.4. The zero-order valence-corrected chi connectivity index (χ0v) is 14.4. The number of halogens is 3. The van der Waals surface area contributed by atoms with Gasteiger partial charge in [0.2, 0.25) is 0 Å². The van der Waals surface area contributed by atoms with Crippen molar-refractivity contribution in [3.63, 3.8) is 0 Å². The highest BCUT2D eigenvalue weighted by Gasteiger charge is 2.36. The molecule has 2 aromatic heterocycles. The Bertz CT molecular complexity index is 940. The van der Waals surface area contributed by atoms with Crippen molar-refractivity contribution in [2.45, 2.75) is 43.9 Å². The van der Waals surface area contributed by atoms with Crippen LogP contribution < -0.4 is 5.73 Å². The first-order valence-corrected chi connectivity index (χ1v) is 8.67. The molecule has 27 heavy (non-hydrogen) atoms. The van der Waals surface area contributed by atoms with E-state index in [0.717, 1.165) is 37.3 Å². The van der Waals surface area contributed by atoms with E-state index in [1.807, 2.05) is 6.07 Å². The molecule has 0 atom stereocenters. The highest BCUT2D eigenvalue weighted by atomic mass is 19.4. The molecule has 3 aromatic rings. The Morgan fingerprint density at radius 3 is 2.67 bits per heavy atom. The van der Waals surface area contributed by atoms with Crippen LogP contribution in [0.15, 0.2) is 41.1 Å². The summed E-state index contributed by atoms with van der Waals surface area (Å²) in [7, 11) is 0. The number of nitrogens with zero attached hydrogens (tertiary/aromatic N) is 4. The standard InChI is InChI=1S/C18H18F3N5O/c19-18(20,21)14-6-9-26(24-14)11-12-4-3-5-13(10-12)15-23-16(25-27-15)17(22)7-1-2-8-17/h3-6,9-10H,1-2,7-8,11,22H2. The van der Waals surface area contributed by atoms with E-state index >= 15 is 0 Å². The molecule has 0 radical (unpaired) electrons. The minimum atomic E-state index is -4.45. The van der Waals surface area contributed by atoms with E-state index in [0.29, 0.717) is 17.3 Å². The van der Waals surface area contributed by atoms with Crippen molar-refractivity contribution in [3.05, 3.63) is 53.6 Å². The van der Waals surface area contributed by atoms with Gasteiger partial charge in [0.1, 0.15) is 0 Å². The van der Waals surface area contributed by atoms with E-state index in [9.17, 15) is 13.2 Å². The van der Waals surface area contributed by atoms with Crippen molar-refractivity contribution in [2.24, 2.45) is 5.73 Å². The fraction of sp³-hybridized carbons (Fsp3) is 0.389. The van der Waals surface area contributed by atoms with Crippen molar-refractivity contribution in [1.29, 1.82) is 0 Å². The third-order valence-corrected chi connectivity index (χ3v) is 4.82. The molecule has 0 unspecified atom stereocenters. The van der Waals surface area contributed by atoms with Gasteiger partial charge in [0, 0.05) is 11.8 Å². The van der Waals surface area contributed by atoms with E-state index in [2.05, 4.69) is 15.2 Å². The summed E-state index contributed by atoms with van der Waals surface area (Å²) in [6.07, 6.45) is 0.587. The van der Waals surface area contributed by atoms with Crippen LogP contribution >= 0.6 is 0 Å². The van der Waals surface area contributed by atoms with Crippen LogP contribution in [0.25, 0.3) is 11.5 Å². The van der Waals surface area contributed by atoms with Crippen LogP contribution in [-0.4, -0.2) is 19.9 Å². The summed E-state index contributed by atoms with van der Waals surface area (Å²) in [5.74, 6) is 0.849. The zero-order chi connectivity index (χ0) is 19.1. The van der Waals surface area contributed by atoms with E-state index in [-0.39, 0.29) is 6.54 Å². The van der Waals surface area contributed by atoms with Gasteiger partial charge in [0.05, 0.1) is 12.1 Å². The van der Waals surface area contributed by atoms with Crippen LogP contribution in [0.5, 0.6) is 0 Å². The molecule has 2 N–H and O–H groups in total. The van der Waals surface area contributed by atoms with Gasteiger partial charge in [0.15, 0.2) is 11.5 Å². The predicted octanol–water partition coefficient (Wildman–Crippen LogP) is 3.73. The maximum absolute atomic E-state index is 12.7. The minimum Gasteiger partial charge on any atom is -0.334 e. The van der Waals surface area contributed by atoms with E-state index < -0.39 is 17.4 Å². The maximum Gasteiger partial charge on any atom is 0.435 e. The summed E-state index contributed by atoms with van der Waals surface area (Å²) in [6, 6.07) is 8.15. The first kappa shape index (κ1) is 17.7. The Morgan fingerprint density at radius 2 is 1.96 bits per heavy atom. The molecule has 1 saturated carbocycles. The molecule has 4 rings (SSSR count). The average molecular weight is 377 g/mol. The minimum absolute atomic E-state index is 0.200. The van der Waals surface area contributed by atoms with Gasteiger partial charge in [-0.05, 0) is 36.6 Å². The normalized spacial score (nSPS) is 16.7. The molecule has 0 saturated heterocycles. The molecule has 1 fully saturated rings. The Labute approximate surface area is 153 Å². The second-order valence-electron chi connectivity index (χ2n) is 6.88. The fourth-order valence-electron chi connectivity index (χ4n) is 3.36. The predicted molar refractivity (Wildman–Crippen MR) is 90.4 cm³/mol.